The van der Waals surface area contributed by atoms with Gasteiger partial charge in [0.15, 0.2) is 0 Å². The zero-order valence-corrected chi connectivity index (χ0v) is 10.7. The quantitative estimate of drug-likeness (QED) is 0.864. The maximum Gasteiger partial charge on any atom is 0.411 e. The van der Waals surface area contributed by atoms with Gasteiger partial charge in [0.25, 0.3) is 0 Å². The van der Waals surface area contributed by atoms with Crippen LogP contribution < -0.4 is 10.6 Å². The summed E-state index contributed by atoms with van der Waals surface area (Å²) >= 11 is 0. The Balaban J connectivity index is 1.73. The third-order valence-electron chi connectivity index (χ3n) is 3.21. The number of benzene rings is 1. The summed E-state index contributed by atoms with van der Waals surface area (Å²) in [5.41, 5.74) is 1.94. The summed E-state index contributed by atoms with van der Waals surface area (Å²) in [5.74, 6) is 0.495. The third-order valence-corrected chi connectivity index (χ3v) is 3.21. The molecule has 1 fully saturated rings. The highest BCUT2D eigenvalue weighted by molar-refractivity contribution is 5.84. The number of carbonyl (C=O) groups excluding carboxylic acids is 1. The van der Waals surface area contributed by atoms with Gasteiger partial charge in [-0.15, -0.1) is 0 Å². The van der Waals surface area contributed by atoms with Crippen molar-refractivity contribution in [3.05, 3.63) is 29.8 Å². The fourth-order valence-corrected chi connectivity index (χ4v) is 2.03. The highest BCUT2D eigenvalue weighted by atomic mass is 16.5. The molecule has 18 heavy (non-hydrogen) atoms. The van der Waals surface area contributed by atoms with Crippen molar-refractivity contribution in [1.29, 1.82) is 0 Å². The van der Waals surface area contributed by atoms with Gasteiger partial charge >= 0.3 is 6.09 Å². The molecule has 0 bridgehead atoms. The van der Waals surface area contributed by atoms with Crippen LogP contribution in [0.3, 0.4) is 0 Å². The second-order valence-electron chi connectivity index (χ2n) is 4.78. The van der Waals surface area contributed by atoms with Crippen LogP contribution in [0, 0.1) is 12.8 Å². The Kier molecular flexibility index (Phi) is 4.59. The molecule has 2 N–H and O–H groups in total. The van der Waals surface area contributed by atoms with Crippen LogP contribution in [-0.2, 0) is 4.74 Å². The van der Waals surface area contributed by atoms with E-state index in [0.717, 1.165) is 31.6 Å². The van der Waals surface area contributed by atoms with E-state index in [1.54, 1.807) is 0 Å². The summed E-state index contributed by atoms with van der Waals surface area (Å²) < 4.78 is 5.24. The van der Waals surface area contributed by atoms with Crippen molar-refractivity contribution in [3.8, 4) is 0 Å². The van der Waals surface area contributed by atoms with E-state index in [0.29, 0.717) is 12.5 Å². The van der Waals surface area contributed by atoms with Crippen LogP contribution in [0.5, 0.6) is 0 Å². The van der Waals surface area contributed by atoms with E-state index in [2.05, 4.69) is 10.6 Å². The molecule has 1 saturated heterocycles. The van der Waals surface area contributed by atoms with Crippen molar-refractivity contribution in [2.75, 3.05) is 25.0 Å². The first kappa shape index (κ1) is 12.9. The number of hydrogen-bond acceptors (Lipinski definition) is 3. The minimum Gasteiger partial charge on any atom is -0.449 e. The summed E-state index contributed by atoms with van der Waals surface area (Å²) in [6, 6.07) is 7.67. The van der Waals surface area contributed by atoms with Gasteiger partial charge < -0.3 is 10.1 Å². The molecule has 0 aliphatic carbocycles. The molecule has 1 aromatic carbocycles. The summed E-state index contributed by atoms with van der Waals surface area (Å²) in [6.45, 7) is 4.57. The Morgan fingerprint density at radius 3 is 2.67 bits per heavy atom. The van der Waals surface area contributed by atoms with E-state index in [1.165, 1.54) is 5.56 Å². The van der Waals surface area contributed by atoms with Gasteiger partial charge in [0.2, 0.25) is 0 Å². The molecule has 98 valence electrons. The highest BCUT2D eigenvalue weighted by Gasteiger charge is 2.15. The largest absolute Gasteiger partial charge is 0.449 e. The molecule has 1 amide bonds. The predicted octanol–water partition coefficient (Wildman–Crippen LogP) is 2.54. The monoisotopic (exact) mass is 248 g/mol. The summed E-state index contributed by atoms with van der Waals surface area (Å²) in [5, 5.41) is 6.02. The molecule has 0 unspecified atom stereocenters. The van der Waals surface area contributed by atoms with Crippen LogP contribution in [0.25, 0.3) is 0 Å². The van der Waals surface area contributed by atoms with E-state index in [-0.39, 0.29) is 6.09 Å². The maximum absolute atomic E-state index is 11.6. The lowest BCUT2D eigenvalue weighted by Gasteiger charge is -2.22. The SMILES string of the molecule is Cc1ccc(NC(=O)OCC2CCNCC2)cc1. The van der Waals surface area contributed by atoms with Gasteiger partial charge in [-0.25, -0.2) is 4.79 Å². The smallest absolute Gasteiger partial charge is 0.411 e. The number of anilines is 1. The number of piperidine rings is 1. The van der Waals surface area contributed by atoms with Gasteiger partial charge in [0.1, 0.15) is 0 Å². The van der Waals surface area contributed by atoms with Crippen molar-refractivity contribution in [2.45, 2.75) is 19.8 Å². The van der Waals surface area contributed by atoms with Crippen molar-refractivity contribution in [2.24, 2.45) is 5.92 Å². The number of hydrogen-bond donors (Lipinski definition) is 2. The van der Waals surface area contributed by atoms with Crippen LogP contribution >= 0.6 is 0 Å². The molecule has 1 heterocycles. The number of aryl methyl sites for hydroxylation is 1. The normalized spacial score (nSPS) is 16.3. The molecular weight excluding hydrogens is 228 g/mol. The van der Waals surface area contributed by atoms with Crippen LogP contribution in [0.4, 0.5) is 10.5 Å². The Morgan fingerprint density at radius 2 is 2.00 bits per heavy atom. The lowest BCUT2D eigenvalue weighted by Crippen LogP contribution is -2.31. The number of rotatable bonds is 3. The maximum atomic E-state index is 11.6. The van der Waals surface area contributed by atoms with E-state index in [1.807, 2.05) is 31.2 Å². The number of amides is 1. The van der Waals surface area contributed by atoms with E-state index in [9.17, 15) is 4.79 Å². The van der Waals surface area contributed by atoms with E-state index in [4.69, 9.17) is 4.74 Å². The Morgan fingerprint density at radius 1 is 1.33 bits per heavy atom. The highest BCUT2D eigenvalue weighted by Crippen LogP contribution is 2.13. The molecule has 0 radical (unpaired) electrons. The second kappa shape index (κ2) is 6.40. The van der Waals surface area contributed by atoms with Crippen LogP contribution in [0.1, 0.15) is 18.4 Å². The van der Waals surface area contributed by atoms with Crippen LogP contribution in [0.15, 0.2) is 24.3 Å². The lowest BCUT2D eigenvalue weighted by atomic mass is 9.99. The first-order valence-electron chi connectivity index (χ1n) is 6.45. The summed E-state index contributed by atoms with van der Waals surface area (Å²) in [4.78, 5) is 11.6. The molecule has 0 spiro atoms. The average Bonchev–Trinajstić information content (AvgIpc) is 2.40. The number of carbonyl (C=O) groups is 1. The van der Waals surface area contributed by atoms with Crippen LogP contribution in [0.2, 0.25) is 0 Å². The standard InChI is InChI=1S/C14H20N2O2/c1-11-2-4-13(5-3-11)16-14(17)18-10-12-6-8-15-9-7-12/h2-5,12,15H,6-10H2,1H3,(H,16,17). The topological polar surface area (TPSA) is 50.4 Å². The predicted molar refractivity (Wildman–Crippen MR) is 71.7 cm³/mol. The minimum absolute atomic E-state index is 0.364. The first-order chi connectivity index (χ1) is 8.74. The fourth-order valence-electron chi connectivity index (χ4n) is 2.03. The Hall–Kier alpha value is -1.55. The number of nitrogens with one attached hydrogen (secondary N) is 2. The Bertz CT molecular complexity index is 383. The zero-order valence-electron chi connectivity index (χ0n) is 10.7. The van der Waals surface area contributed by atoms with Gasteiger partial charge in [0.05, 0.1) is 6.61 Å². The number of ether oxygens (including phenoxy) is 1. The van der Waals surface area contributed by atoms with Gasteiger partial charge in [-0.05, 0) is 50.9 Å². The van der Waals surface area contributed by atoms with Crippen molar-refractivity contribution in [1.82, 2.24) is 5.32 Å². The zero-order chi connectivity index (χ0) is 12.8. The summed E-state index contributed by atoms with van der Waals surface area (Å²) in [7, 11) is 0. The third kappa shape index (κ3) is 4.04. The molecule has 0 saturated carbocycles. The van der Waals surface area contributed by atoms with Crippen LogP contribution in [-0.4, -0.2) is 25.8 Å². The van der Waals surface area contributed by atoms with Gasteiger partial charge in [-0.1, -0.05) is 17.7 Å². The summed E-state index contributed by atoms with van der Waals surface area (Å²) in [6.07, 6.45) is 1.80. The molecule has 0 aromatic heterocycles. The molecule has 4 heteroatoms. The average molecular weight is 248 g/mol. The fraction of sp³-hybridized carbons (Fsp3) is 0.500. The van der Waals surface area contributed by atoms with Gasteiger partial charge in [0, 0.05) is 5.69 Å². The Labute approximate surface area is 108 Å². The molecule has 4 nitrogen and oxygen atoms in total. The van der Waals surface area contributed by atoms with Gasteiger partial charge in [-0.2, -0.15) is 0 Å². The minimum atomic E-state index is -0.364. The van der Waals surface area contributed by atoms with Crippen molar-refractivity contribution >= 4 is 11.8 Å². The first-order valence-corrected chi connectivity index (χ1v) is 6.45. The molecule has 1 aliphatic heterocycles. The van der Waals surface area contributed by atoms with Crippen molar-refractivity contribution < 1.29 is 9.53 Å². The van der Waals surface area contributed by atoms with E-state index < -0.39 is 0 Å². The molecule has 1 aromatic rings. The second-order valence-corrected chi connectivity index (χ2v) is 4.78. The molecule has 1 aliphatic rings. The van der Waals surface area contributed by atoms with Crippen molar-refractivity contribution in [3.63, 3.8) is 0 Å². The molecular formula is C14H20N2O2. The van der Waals surface area contributed by atoms with E-state index >= 15 is 0 Å². The molecule has 0 atom stereocenters. The lowest BCUT2D eigenvalue weighted by molar-refractivity contribution is 0.131. The van der Waals surface area contributed by atoms with Gasteiger partial charge in [-0.3, -0.25) is 5.32 Å². The molecule has 2 rings (SSSR count).